The summed E-state index contributed by atoms with van der Waals surface area (Å²) in [6.07, 6.45) is 1.16. The van der Waals surface area contributed by atoms with Crippen molar-refractivity contribution in [1.82, 2.24) is 4.98 Å². The third kappa shape index (κ3) is 3.21. The summed E-state index contributed by atoms with van der Waals surface area (Å²) in [4.78, 5) is 3.83. The molecule has 0 radical (unpaired) electrons. The monoisotopic (exact) mass is 283 g/mol. The van der Waals surface area contributed by atoms with Crippen LogP contribution in [0.3, 0.4) is 0 Å². The lowest BCUT2D eigenvalue weighted by Crippen LogP contribution is -1.93. The van der Waals surface area contributed by atoms with Crippen LogP contribution in [0.15, 0.2) is 47.5 Å². The second-order valence-electron chi connectivity index (χ2n) is 3.69. The van der Waals surface area contributed by atoms with Gasteiger partial charge in [-0.05, 0) is 30.7 Å². The van der Waals surface area contributed by atoms with E-state index in [9.17, 15) is 8.42 Å². The molecule has 1 heterocycles. The van der Waals surface area contributed by atoms with Crippen molar-refractivity contribution in [2.45, 2.75) is 11.8 Å². The van der Waals surface area contributed by atoms with E-state index in [0.717, 1.165) is 11.8 Å². The van der Waals surface area contributed by atoms with Crippen LogP contribution in [-0.2, 0) is 9.05 Å². The molecule has 2 rings (SSSR count). The molecule has 0 N–H and O–H groups in total. The molecule has 1 aromatic heterocycles. The van der Waals surface area contributed by atoms with Gasteiger partial charge in [0.25, 0.3) is 9.05 Å². The molecule has 0 aliphatic carbocycles. The second-order valence-corrected chi connectivity index (χ2v) is 6.25. The normalized spacial score (nSPS) is 11.2. The molecule has 6 heteroatoms. The summed E-state index contributed by atoms with van der Waals surface area (Å²) in [6, 6.07) is 10.3. The molecule has 0 unspecified atom stereocenters. The highest BCUT2D eigenvalue weighted by molar-refractivity contribution is 8.13. The Morgan fingerprint density at radius 2 is 2.00 bits per heavy atom. The average Bonchev–Trinajstić information content (AvgIpc) is 2.28. The number of hydrogen-bond acceptors (Lipinski definition) is 4. The van der Waals surface area contributed by atoms with E-state index in [4.69, 9.17) is 15.4 Å². The van der Waals surface area contributed by atoms with Crippen molar-refractivity contribution in [3.63, 3.8) is 0 Å². The first kappa shape index (κ1) is 12.9. The number of hydrogen-bond donors (Lipinski definition) is 0. The van der Waals surface area contributed by atoms with Gasteiger partial charge in [-0.2, -0.15) is 0 Å². The maximum Gasteiger partial charge on any atom is 0.262 e. The smallest absolute Gasteiger partial charge is 0.262 e. The summed E-state index contributed by atoms with van der Waals surface area (Å²) in [5.74, 6) is 0.952. The van der Waals surface area contributed by atoms with Gasteiger partial charge in [-0.15, -0.1) is 0 Å². The van der Waals surface area contributed by atoms with Crippen LogP contribution in [-0.4, -0.2) is 13.4 Å². The summed E-state index contributed by atoms with van der Waals surface area (Å²) in [6.45, 7) is 1.95. The summed E-state index contributed by atoms with van der Waals surface area (Å²) < 4.78 is 27.5. The Morgan fingerprint density at radius 1 is 1.22 bits per heavy atom. The van der Waals surface area contributed by atoms with E-state index in [0.29, 0.717) is 11.6 Å². The fourth-order valence-corrected chi connectivity index (χ4v) is 2.05. The standard InChI is InChI=1S/C12H10ClNO3S/c1-9-3-2-4-10(7-9)17-12-6-5-11(8-14-12)18(13,15)16/h2-8H,1H3. The minimum absolute atomic E-state index is 0.0549. The molecule has 0 bridgehead atoms. The van der Waals surface area contributed by atoms with Gasteiger partial charge in [0.05, 0.1) is 6.20 Å². The molecule has 0 aliphatic heterocycles. The predicted octanol–water partition coefficient (Wildman–Crippen LogP) is 3.11. The second kappa shape index (κ2) is 4.96. The molecule has 2 aromatic rings. The maximum atomic E-state index is 11.0. The Hall–Kier alpha value is -1.59. The Balaban J connectivity index is 2.21. The fourth-order valence-electron chi connectivity index (χ4n) is 1.37. The van der Waals surface area contributed by atoms with E-state index >= 15 is 0 Å². The number of aryl methyl sites for hydroxylation is 1. The van der Waals surface area contributed by atoms with Gasteiger partial charge < -0.3 is 4.74 Å². The molecule has 1 aromatic carbocycles. The number of rotatable bonds is 3. The molecule has 0 amide bonds. The highest BCUT2D eigenvalue weighted by Crippen LogP contribution is 2.22. The van der Waals surface area contributed by atoms with Crippen LogP contribution < -0.4 is 4.74 Å². The largest absolute Gasteiger partial charge is 0.439 e. The Bertz CT molecular complexity index is 653. The van der Waals surface area contributed by atoms with Gasteiger partial charge in [0.15, 0.2) is 0 Å². The number of benzene rings is 1. The van der Waals surface area contributed by atoms with Crippen molar-refractivity contribution in [2.75, 3.05) is 0 Å². The van der Waals surface area contributed by atoms with Gasteiger partial charge in [-0.3, -0.25) is 0 Å². The van der Waals surface area contributed by atoms with Crippen molar-refractivity contribution >= 4 is 19.7 Å². The van der Waals surface area contributed by atoms with Crippen LogP contribution >= 0.6 is 10.7 Å². The third-order valence-corrected chi connectivity index (χ3v) is 3.54. The van der Waals surface area contributed by atoms with E-state index < -0.39 is 9.05 Å². The highest BCUT2D eigenvalue weighted by Gasteiger charge is 2.10. The molecule has 0 atom stereocenters. The zero-order chi connectivity index (χ0) is 13.2. The zero-order valence-electron chi connectivity index (χ0n) is 9.50. The number of aromatic nitrogens is 1. The van der Waals surface area contributed by atoms with Gasteiger partial charge in [0.2, 0.25) is 5.88 Å². The average molecular weight is 284 g/mol. The summed E-state index contributed by atoms with van der Waals surface area (Å²) in [7, 11) is 1.44. The Labute approximate surface area is 110 Å². The highest BCUT2D eigenvalue weighted by atomic mass is 35.7. The van der Waals surface area contributed by atoms with Crippen LogP contribution in [0.25, 0.3) is 0 Å². The molecule has 0 aliphatic rings. The van der Waals surface area contributed by atoms with Crippen molar-refractivity contribution in [1.29, 1.82) is 0 Å². The topological polar surface area (TPSA) is 56.3 Å². The number of nitrogens with zero attached hydrogens (tertiary/aromatic N) is 1. The molecule has 0 spiro atoms. The van der Waals surface area contributed by atoms with Crippen LogP contribution in [0.1, 0.15) is 5.56 Å². The minimum atomic E-state index is -3.74. The minimum Gasteiger partial charge on any atom is -0.439 e. The summed E-state index contributed by atoms with van der Waals surface area (Å²) >= 11 is 0. The SMILES string of the molecule is Cc1cccc(Oc2ccc(S(=O)(=O)Cl)cn2)c1. The number of halogens is 1. The van der Waals surface area contributed by atoms with Crippen molar-refractivity contribution in [3.05, 3.63) is 48.2 Å². The first-order chi connectivity index (χ1) is 8.45. The molecule has 0 saturated heterocycles. The molecule has 4 nitrogen and oxygen atoms in total. The van der Waals surface area contributed by atoms with E-state index in [-0.39, 0.29) is 4.90 Å². The Kier molecular flexibility index (Phi) is 3.54. The van der Waals surface area contributed by atoms with Crippen LogP contribution in [0.5, 0.6) is 11.6 Å². The number of ether oxygens (including phenoxy) is 1. The molecule has 94 valence electrons. The first-order valence-electron chi connectivity index (χ1n) is 5.10. The predicted molar refractivity (Wildman–Crippen MR) is 68.5 cm³/mol. The van der Waals surface area contributed by atoms with Crippen molar-refractivity contribution < 1.29 is 13.2 Å². The van der Waals surface area contributed by atoms with E-state index in [2.05, 4.69) is 4.98 Å². The lowest BCUT2D eigenvalue weighted by atomic mass is 10.2. The Morgan fingerprint density at radius 3 is 2.56 bits per heavy atom. The number of pyridine rings is 1. The fraction of sp³-hybridized carbons (Fsp3) is 0.0833. The zero-order valence-corrected chi connectivity index (χ0v) is 11.1. The van der Waals surface area contributed by atoms with E-state index in [1.54, 1.807) is 6.07 Å². The molecule has 0 saturated carbocycles. The van der Waals surface area contributed by atoms with Crippen LogP contribution in [0.4, 0.5) is 0 Å². The van der Waals surface area contributed by atoms with Crippen LogP contribution in [0.2, 0.25) is 0 Å². The first-order valence-corrected chi connectivity index (χ1v) is 7.41. The molecule has 18 heavy (non-hydrogen) atoms. The molecular formula is C12H10ClNO3S. The van der Waals surface area contributed by atoms with Crippen LogP contribution in [0, 0.1) is 6.92 Å². The van der Waals surface area contributed by atoms with E-state index in [1.165, 1.54) is 12.1 Å². The maximum absolute atomic E-state index is 11.0. The lowest BCUT2D eigenvalue weighted by Gasteiger charge is -2.05. The quantitative estimate of drug-likeness (QED) is 0.812. The summed E-state index contributed by atoms with van der Waals surface area (Å²) in [5.41, 5.74) is 1.06. The molecular weight excluding hydrogens is 274 g/mol. The molecule has 0 fully saturated rings. The van der Waals surface area contributed by atoms with Gasteiger partial charge >= 0.3 is 0 Å². The van der Waals surface area contributed by atoms with Gasteiger partial charge in [0.1, 0.15) is 10.6 Å². The van der Waals surface area contributed by atoms with Gasteiger partial charge in [0, 0.05) is 16.7 Å². The van der Waals surface area contributed by atoms with Gasteiger partial charge in [-0.25, -0.2) is 13.4 Å². The third-order valence-electron chi connectivity index (χ3n) is 2.20. The lowest BCUT2D eigenvalue weighted by molar-refractivity contribution is 0.461. The van der Waals surface area contributed by atoms with Crippen molar-refractivity contribution in [2.24, 2.45) is 0 Å². The summed E-state index contributed by atoms with van der Waals surface area (Å²) in [5, 5.41) is 0. The van der Waals surface area contributed by atoms with Gasteiger partial charge in [-0.1, -0.05) is 12.1 Å². The van der Waals surface area contributed by atoms with E-state index in [1.807, 2.05) is 25.1 Å². The van der Waals surface area contributed by atoms with Crippen molar-refractivity contribution in [3.8, 4) is 11.6 Å².